The molecule has 0 unspecified atom stereocenters. The van der Waals surface area contributed by atoms with Gasteiger partial charge in [0, 0.05) is 49.4 Å². The number of carbonyl (C=O) groups is 1. The lowest BCUT2D eigenvalue weighted by molar-refractivity contribution is 0.0746. The molecule has 34 heavy (non-hydrogen) atoms. The second kappa shape index (κ2) is 8.22. The summed E-state index contributed by atoms with van der Waals surface area (Å²) >= 11 is 0. The quantitative estimate of drug-likeness (QED) is 0.408. The first kappa shape index (κ1) is 20.3. The largest absolute Gasteiger partial charge is 0.353 e. The fourth-order valence-corrected chi connectivity index (χ4v) is 4.52. The minimum absolute atomic E-state index is 0.0223. The predicted octanol–water partition coefficient (Wildman–Crippen LogP) is 2.52. The van der Waals surface area contributed by atoms with Crippen molar-refractivity contribution in [1.82, 2.24) is 34.8 Å². The smallest absolute Gasteiger partial charge is 0.254 e. The van der Waals surface area contributed by atoms with Crippen molar-refractivity contribution in [2.45, 2.75) is 13.3 Å². The monoisotopic (exact) mass is 454 g/mol. The minimum Gasteiger partial charge on any atom is -0.353 e. The third kappa shape index (κ3) is 3.53. The Hall–Kier alpha value is -4.34. The molecule has 170 valence electrons. The number of anilines is 1. The van der Waals surface area contributed by atoms with E-state index < -0.39 is 0 Å². The van der Waals surface area contributed by atoms with Gasteiger partial charge in [-0.15, -0.1) is 0 Å². The molecular weight excluding hydrogens is 432 g/mol. The zero-order chi connectivity index (χ0) is 23.1. The summed E-state index contributed by atoms with van der Waals surface area (Å²) in [6, 6.07) is 15.6. The second-order valence-corrected chi connectivity index (χ2v) is 8.38. The Morgan fingerprint density at radius 1 is 1.00 bits per heavy atom. The van der Waals surface area contributed by atoms with Crippen LogP contribution in [0.2, 0.25) is 0 Å². The average Bonchev–Trinajstić information content (AvgIpc) is 3.53. The van der Waals surface area contributed by atoms with Crippen LogP contribution >= 0.6 is 0 Å². The summed E-state index contributed by atoms with van der Waals surface area (Å²) in [6.45, 7) is 4.57. The summed E-state index contributed by atoms with van der Waals surface area (Å²) < 4.78 is 6.56. The van der Waals surface area contributed by atoms with Crippen LogP contribution in [0.15, 0.2) is 59.5 Å². The number of rotatable bonds is 4. The maximum absolute atomic E-state index is 13.1. The Morgan fingerprint density at radius 3 is 2.62 bits per heavy atom. The van der Waals surface area contributed by atoms with Crippen LogP contribution < -0.4 is 4.90 Å². The molecule has 0 bridgehead atoms. The zero-order valence-corrected chi connectivity index (χ0v) is 18.6. The van der Waals surface area contributed by atoms with E-state index >= 15 is 0 Å². The van der Waals surface area contributed by atoms with Gasteiger partial charge in [0.05, 0.1) is 0 Å². The highest BCUT2D eigenvalue weighted by atomic mass is 16.6. The van der Waals surface area contributed by atoms with E-state index in [4.69, 9.17) is 4.63 Å². The minimum atomic E-state index is -0.0223. The molecule has 1 aliphatic rings. The molecule has 0 saturated carbocycles. The Labute approximate surface area is 194 Å². The van der Waals surface area contributed by atoms with E-state index in [2.05, 4.69) is 42.4 Å². The highest BCUT2D eigenvalue weighted by Gasteiger charge is 2.27. The number of benzene rings is 2. The molecule has 6 rings (SSSR count). The van der Waals surface area contributed by atoms with Gasteiger partial charge in [-0.3, -0.25) is 4.79 Å². The third-order valence-corrected chi connectivity index (χ3v) is 6.30. The summed E-state index contributed by atoms with van der Waals surface area (Å²) in [4.78, 5) is 26.3. The van der Waals surface area contributed by atoms with Gasteiger partial charge in [-0.25, -0.2) is 9.61 Å². The molecule has 4 heterocycles. The van der Waals surface area contributed by atoms with Crippen molar-refractivity contribution in [1.29, 1.82) is 0 Å². The first-order valence-corrected chi connectivity index (χ1v) is 11.2. The van der Waals surface area contributed by atoms with Crippen molar-refractivity contribution in [3.63, 3.8) is 0 Å². The molecule has 10 nitrogen and oxygen atoms in total. The Bertz CT molecular complexity index is 1490. The number of aryl methyl sites for hydroxylation is 1. The second-order valence-electron chi connectivity index (χ2n) is 8.38. The summed E-state index contributed by atoms with van der Waals surface area (Å²) in [5, 5.41) is 12.1. The normalized spacial score (nSPS) is 14.3. The standard InChI is InChI=1S/C24H22N8O2/c1-16-19(13-17-5-3-2-4-6-17)22(32-24(27-16)25-15-26-32)30-9-11-31(12-10-30)23(33)18-7-8-20-21(14-18)29-34-28-20/h2-8,14-15H,9-13H2,1H3. The third-order valence-electron chi connectivity index (χ3n) is 6.30. The molecule has 0 spiro atoms. The average molecular weight is 454 g/mol. The number of amides is 1. The van der Waals surface area contributed by atoms with Gasteiger partial charge in [-0.2, -0.15) is 14.6 Å². The van der Waals surface area contributed by atoms with E-state index in [-0.39, 0.29) is 5.91 Å². The van der Waals surface area contributed by atoms with Crippen LogP contribution in [0, 0.1) is 6.92 Å². The molecular formula is C24H22N8O2. The highest BCUT2D eigenvalue weighted by Crippen LogP contribution is 2.27. The Kier molecular flexibility index (Phi) is 4.90. The van der Waals surface area contributed by atoms with E-state index in [1.54, 1.807) is 18.2 Å². The van der Waals surface area contributed by atoms with Gasteiger partial charge < -0.3 is 9.80 Å². The maximum atomic E-state index is 13.1. The molecule has 1 saturated heterocycles. The lowest BCUT2D eigenvalue weighted by atomic mass is 10.0. The Balaban J connectivity index is 1.27. The van der Waals surface area contributed by atoms with Crippen LogP contribution in [0.3, 0.4) is 0 Å². The number of carbonyl (C=O) groups excluding carboxylic acids is 1. The molecule has 3 aromatic heterocycles. The molecule has 0 aliphatic carbocycles. The van der Waals surface area contributed by atoms with Crippen LogP contribution in [-0.4, -0.2) is 66.9 Å². The maximum Gasteiger partial charge on any atom is 0.254 e. The fourth-order valence-electron chi connectivity index (χ4n) is 4.52. The van der Waals surface area contributed by atoms with E-state index in [9.17, 15) is 4.79 Å². The van der Waals surface area contributed by atoms with Crippen LogP contribution in [0.4, 0.5) is 5.82 Å². The van der Waals surface area contributed by atoms with Crippen LogP contribution in [0.25, 0.3) is 16.8 Å². The van der Waals surface area contributed by atoms with Gasteiger partial charge >= 0.3 is 0 Å². The van der Waals surface area contributed by atoms with Gasteiger partial charge in [-0.1, -0.05) is 30.3 Å². The fraction of sp³-hybridized carbons (Fsp3) is 0.250. The van der Waals surface area contributed by atoms with Crippen molar-refractivity contribution < 1.29 is 9.42 Å². The molecule has 10 heteroatoms. The molecule has 0 N–H and O–H groups in total. The molecule has 5 aromatic rings. The molecule has 0 atom stereocenters. The molecule has 1 amide bonds. The van der Waals surface area contributed by atoms with Gasteiger partial charge in [0.15, 0.2) is 0 Å². The number of hydrogen-bond acceptors (Lipinski definition) is 8. The van der Waals surface area contributed by atoms with Crippen molar-refractivity contribution >= 4 is 28.5 Å². The van der Waals surface area contributed by atoms with Gasteiger partial charge in [-0.05, 0) is 41.0 Å². The van der Waals surface area contributed by atoms with E-state index in [1.807, 2.05) is 34.5 Å². The van der Waals surface area contributed by atoms with E-state index in [0.29, 0.717) is 48.6 Å². The number of nitrogens with zero attached hydrogens (tertiary/aromatic N) is 8. The lowest BCUT2D eigenvalue weighted by Crippen LogP contribution is -2.49. The SMILES string of the molecule is Cc1nc2ncnn2c(N2CCN(C(=O)c3ccc4nonc4c3)CC2)c1Cc1ccccc1. The summed E-state index contributed by atoms with van der Waals surface area (Å²) in [7, 11) is 0. The molecule has 0 radical (unpaired) electrons. The van der Waals surface area contributed by atoms with E-state index in [1.165, 1.54) is 11.9 Å². The zero-order valence-electron chi connectivity index (χ0n) is 18.6. The molecule has 1 fully saturated rings. The first-order chi connectivity index (χ1) is 16.7. The number of aromatic nitrogens is 6. The van der Waals surface area contributed by atoms with Gasteiger partial charge in [0.25, 0.3) is 11.7 Å². The summed E-state index contributed by atoms with van der Waals surface area (Å²) in [5.41, 5.74) is 5.06. The lowest BCUT2D eigenvalue weighted by Gasteiger charge is -2.37. The van der Waals surface area contributed by atoms with Crippen molar-refractivity contribution in [3.05, 3.63) is 77.2 Å². The van der Waals surface area contributed by atoms with Gasteiger partial charge in [0.1, 0.15) is 23.2 Å². The summed E-state index contributed by atoms with van der Waals surface area (Å²) in [6.07, 6.45) is 2.28. The highest BCUT2D eigenvalue weighted by molar-refractivity contribution is 5.97. The number of piperazine rings is 1. The van der Waals surface area contributed by atoms with Crippen molar-refractivity contribution in [2.24, 2.45) is 0 Å². The van der Waals surface area contributed by atoms with E-state index in [0.717, 1.165) is 23.5 Å². The first-order valence-electron chi connectivity index (χ1n) is 11.2. The summed E-state index contributed by atoms with van der Waals surface area (Å²) in [5.74, 6) is 1.55. The van der Waals surface area contributed by atoms with Crippen LogP contribution in [-0.2, 0) is 6.42 Å². The number of hydrogen-bond donors (Lipinski definition) is 0. The van der Waals surface area contributed by atoms with Crippen LogP contribution in [0.1, 0.15) is 27.2 Å². The predicted molar refractivity (Wildman–Crippen MR) is 125 cm³/mol. The molecule has 2 aromatic carbocycles. The number of fused-ring (bicyclic) bond motifs is 2. The van der Waals surface area contributed by atoms with Crippen molar-refractivity contribution in [2.75, 3.05) is 31.1 Å². The topological polar surface area (TPSA) is 106 Å². The van der Waals surface area contributed by atoms with Crippen LogP contribution in [0.5, 0.6) is 0 Å². The molecule has 1 aliphatic heterocycles. The van der Waals surface area contributed by atoms with Crippen molar-refractivity contribution in [3.8, 4) is 0 Å². The van der Waals surface area contributed by atoms with Gasteiger partial charge in [0.2, 0.25) is 0 Å². The Morgan fingerprint density at radius 2 is 1.79 bits per heavy atom.